The Morgan fingerprint density at radius 3 is 2.64 bits per heavy atom. The summed E-state index contributed by atoms with van der Waals surface area (Å²) in [5.74, 6) is -0.0978. The second-order valence-electron chi connectivity index (χ2n) is 7.93. The topological polar surface area (TPSA) is 34.2 Å². The van der Waals surface area contributed by atoms with Crippen molar-refractivity contribution in [2.24, 2.45) is 5.92 Å². The van der Waals surface area contributed by atoms with E-state index in [1.165, 1.54) is 5.56 Å². The molecule has 5 atom stereocenters. The van der Waals surface area contributed by atoms with E-state index in [4.69, 9.17) is 14.2 Å². The van der Waals surface area contributed by atoms with Crippen LogP contribution in [-0.4, -0.2) is 47.2 Å². The highest BCUT2D eigenvalue weighted by molar-refractivity contribution is 5.31. The predicted octanol–water partition coefficient (Wildman–Crippen LogP) is 2.18. The maximum Gasteiger partial charge on any atom is 0.164 e. The summed E-state index contributed by atoms with van der Waals surface area (Å²) in [6.45, 7) is 9.21. The van der Waals surface area contributed by atoms with E-state index >= 15 is 0 Å². The minimum Gasteiger partial charge on any atom is -0.363 e. The van der Waals surface area contributed by atoms with E-state index in [1.54, 1.807) is 0 Å². The molecule has 0 radical (unpaired) electrons. The quantitative estimate of drug-likeness (QED) is 0.784. The van der Waals surface area contributed by atoms with Crippen molar-refractivity contribution in [1.82, 2.24) is 4.90 Å². The number of nitrogens with zero attached hydrogens (tertiary/aromatic N) is 1. The van der Waals surface area contributed by atoms with Crippen LogP contribution in [0, 0.1) is 5.92 Å². The molecule has 0 aromatic heterocycles. The minimum absolute atomic E-state index is 0.0490. The van der Waals surface area contributed by atoms with Crippen molar-refractivity contribution < 1.29 is 14.2 Å². The first kappa shape index (κ1) is 13.5. The Morgan fingerprint density at radius 1 is 1.09 bits per heavy atom. The molecule has 4 aliphatic rings. The lowest BCUT2D eigenvalue weighted by molar-refractivity contribution is -0.172. The van der Waals surface area contributed by atoms with Gasteiger partial charge in [-0.2, -0.15) is 0 Å². The number of epoxide rings is 1. The van der Waals surface area contributed by atoms with Gasteiger partial charge in [-0.15, -0.1) is 0 Å². The fourth-order valence-electron chi connectivity index (χ4n) is 5.10. The third-order valence-corrected chi connectivity index (χ3v) is 5.93. The average molecular weight is 301 g/mol. The predicted molar refractivity (Wildman–Crippen MR) is 81.3 cm³/mol. The molecule has 118 valence electrons. The van der Waals surface area contributed by atoms with Gasteiger partial charge in [0.1, 0.15) is 23.4 Å². The van der Waals surface area contributed by atoms with Gasteiger partial charge >= 0.3 is 0 Å². The van der Waals surface area contributed by atoms with Gasteiger partial charge in [0.15, 0.2) is 5.79 Å². The first-order chi connectivity index (χ1) is 10.4. The summed E-state index contributed by atoms with van der Waals surface area (Å²) in [6.07, 6.45) is 0.302. The number of hydrogen-bond acceptors (Lipinski definition) is 4. The standard InChI is InChI=1S/C18H23NO3/c1-16(2)20-15-14-17(3,21-14)13-10-19(11-18(13,15)22-16)9-12-7-5-4-6-8-12/h4-8,13-15H,9-11H2,1-3H3/t13-,14+,15-,17-,18+/m1/s1. The fourth-order valence-corrected chi connectivity index (χ4v) is 5.10. The number of rotatable bonds is 2. The Kier molecular flexibility index (Phi) is 2.41. The van der Waals surface area contributed by atoms with E-state index in [0.717, 1.165) is 19.6 Å². The number of ether oxygens (including phenoxy) is 3. The van der Waals surface area contributed by atoms with Crippen molar-refractivity contribution in [2.45, 2.75) is 56.5 Å². The molecule has 0 N–H and O–H groups in total. The number of likely N-dealkylation sites (tertiary alicyclic amines) is 1. The molecule has 3 heterocycles. The molecule has 5 rings (SSSR count). The Hall–Kier alpha value is -0.940. The molecule has 1 aliphatic carbocycles. The van der Waals surface area contributed by atoms with Gasteiger partial charge in [0.25, 0.3) is 0 Å². The van der Waals surface area contributed by atoms with Crippen LogP contribution in [0.4, 0.5) is 0 Å². The fraction of sp³-hybridized carbons (Fsp3) is 0.667. The molecule has 0 amide bonds. The van der Waals surface area contributed by atoms with Crippen LogP contribution in [0.2, 0.25) is 0 Å². The molecule has 4 heteroatoms. The Bertz CT molecular complexity index is 618. The van der Waals surface area contributed by atoms with Crippen LogP contribution >= 0.6 is 0 Å². The number of benzene rings is 1. The third kappa shape index (κ3) is 1.61. The summed E-state index contributed by atoms with van der Waals surface area (Å²) >= 11 is 0. The van der Waals surface area contributed by atoms with Crippen LogP contribution in [0.3, 0.4) is 0 Å². The smallest absolute Gasteiger partial charge is 0.164 e. The largest absolute Gasteiger partial charge is 0.363 e. The van der Waals surface area contributed by atoms with Crippen LogP contribution in [-0.2, 0) is 20.8 Å². The summed E-state index contributed by atoms with van der Waals surface area (Å²) in [5, 5.41) is 0. The molecule has 3 aliphatic heterocycles. The van der Waals surface area contributed by atoms with Crippen LogP contribution in [0.15, 0.2) is 30.3 Å². The molecule has 1 aromatic rings. The molecule has 0 unspecified atom stereocenters. The van der Waals surface area contributed by atoms with Gasteiger partial charge in [0, 0.05) is 25.6 Å². The lowest BCUT2D eigenvalue weighted by Gasteiger charge is -2.31. The van der Waals surface area contributed by atoms with E-state index in [1.807, 2.05) is 13.8 Å². The van der Waals surface area contributed by atoms with E-state index in [9.17, 15) is 0 Å². The molecular weight excluding hydrogens is 278 g/mol. The maximum atomic E-state index is 6.47. The van der Waals surface area contributed by atoms with Crippen molar-refractivity contribution in [3.8, 4) is 0 Å². The van der Waals surface area contributed by atoms with Crippen LogP contribution < -0.4 is 0 Å². The Morgan fingerprint density at radius 2 is 1.86 bits per heavy atom. The highest BCUT2D eigenvalue weighted by Crippen LogP contribution is 2.66. The monoisotopic (exact) mass is 301 g/mol. The zero-order valence-electron chi connectivity index (χ0n) is 13.4. The molecule has 1 saturated carbocycles. The van der Waals surface area contributed by atoms with Crippen molar-refractivity contribution in [1.29, 1.82) is 0 Å². The third-order valence-electron chi connectivity index (χ3n) is 5.93. The van der Waals surface area contributed by atoms with Crippen LogP contribution in [0.5, 0.6) is 0 Å². The molecule has 3 saturated heterocycles. The number of hydrogen-bond donors (Lipinski definition) is 0. The first-order valence-electron chi connectivity index (χ1n) is 8.25. The lowest BCUT2D eigenvalue weighted by Crippen LogP contribution is -2.47. The summed E-state index contributed by atoms with van der Waals surface area (Å²) in [4.78, 5) is 2.50. The Balaban J connectivity index is 1.44. The molecule has 0 bridgehead atoms. The lowest BCUT2D eigenvalue weighted by atomic mass is 9.87. The zero-order chi connectivity index (χ0) is 15.2. The van der Waals surface area contributed by atoms with E-state index < -0.39 is 5.79 Å². The maximum absolute atomic E-state index is 6.47. The average Bonchev–Trinajstić information content (AvgIpc) is 2.79. The van der Waals surface area contributed by atoms with Crippen LogP contribution in [0.1, 0.15) is 26.3 Å². The van der Waals surface area contributed by atoms with Gasteiger partial charge in [-0.05, 0) is 26.3 Å². The molecule has 22 heavy (non-hydrogen) atoms. The van der Waals surface area contributed by atoms with Gasteiger partial charge < -0.3 is 14.2 Å². The number of fused-ring (bicyclic) bond motifs is 3. The van der Waals surface area contributed by atoms with Crippen molar-refractivity contribution in [3.05, 3.63) is 35.9 Å². The molecule has 1 spiro atoms. The van der Waals surface area contributed by atoms with E-state index in [-0.39, 0.29) is 23.4 Å². The Labute approximate surface area is 131 Å². The van der Waals surface area contributed by atoms with Gasteiger partial charge in [-0.25, -0.2) is 0 Å². The highest BCUT2D eigenvalue weighted by atomic mass is 16.8. The summed E-state index contributed by atoms with van der Waals surface area (Å²) in [7, 11) is 0. The van der Waals surface area contributed by atoms with Gasteiger partial charge in [0.2, 0.25) is 0 Å². The van der Waals surface area contributed by atoms with E-state index in [0.29, 0.717) is 5.92 Å². The van der Waals surface area contributed by atoms with Crippen molar-refractivity contribution >= 4 is 0 Å². The SMILES string of the molecule is CC1(C)O[C@@H]2[C@@H]3O[C@]3(C)[C@H]3CN(Cc4ccccc4)C[C@@]23O1. The summed E-state index contributed by atoms with van der Waals surface area (Å²) in [6, 6.07) is 10.7. The van der Waals surface area contributed by atoms with Gasteiger partial charge in [-0.3, -0.25) is 4.90 Å². The van der Waals surface area contributed by atoms with Gasteiger partial charge in [0.05, 0.1) is 0 Å². The van der Waals surface area contributed by atoms with Crippen LogP contribution in [0.25, 0.3) is 0 Å². The molecular formula is C18H23NO3. The second-order valence-corrected chi connectivity index (χ2v) is 7.93. The second kappa shape index (κ2) is 3.93. The summed E-state index contributed by atoms with van der Waals surface area (Å²) in [5.41, 5.74) is 1.12. The summed E-state index contributed by atoms with van der Waals surface area (Å²) < 4.78 is 18.7. The van der Waals surface area contributed by atoms with Crippen molar-refractivity contribution in [3.63, 3.8) is 0 Å². The normalized spacial score (nSPS) is 48.0. The highest BCUT2D eigenvalue weighted by Gasteiger charge is 2.83. The van der Waals surface area contributed by atoms with E-state index in [2.05, 4.69) is 42.2 Å². The molecule has 1 aromatic carbocycles. The zero-order valence-corrected chi connectivity index (χ0v) is 13.4. The minimum atomic E-state index is -0.501. The molecule has 4 nitrogen and oxygen atoms in total. The first-order valence-corrected chi connectivity index (χ1v) is 8.25. The molecule has 4 fully saturated rings. The van der Waals surface area contributed by atoms with Crippen molar-refractivity contribution in [2.75, 3.05) is 13.1 Å². The van der Waals surface area contributed by atoms with Gasteiger partial charge in [-0.1, -0.05) is 30.3 Å².